The molecule has 2 N–H and O–H groups in total. The van der Waals surface area contributed by atoms with Gasteiger partial charge in [-0.15, -0.1) is 0 Å². The summed E-state index contributed by atoms with van der Waals surface area (Å²) in [6, 6.07) is 14.5. The quantitative estimate of drug-likeness (QED) is 0.669. The minimum atomic E-state index is 0.210. The molecule has 0 amide bonds. The number of nitrogens with one attached hydrogen (secondary N) is 2. The molecule has 0 radical (unpaired) electrons. The van der Waals surface area contributed by atoms with E-state index in [2.05, 4.69) is 41.5 Å². The Hall–Kier alpha value is -1.48. The molecule has 1 heterocycles. The highest BCUT2D eigenvalue weighted by molar-refractivity contribution is 6.42. The highest BCUT2D eigenvalue weighted by atomic mass is 35.5. The van der Waals surface area contributed by atoms with Crippen LogP contribution in [0.15, 0.2) is 48.7 Å². The maximum Gasteiger partial charge on any atom is 0.0595 e. The second-order valence-electron chi connectivity index (χ2n) is 5.18. The van der Waals surface area contributed by atoms with Gasteiger partial charge in [-0.2, -0.15) is 0 Å². The molecule has 2 aromatic carbocycles. The lowest BCUT2D eigenvalue weighted by Crippen LogP contribution is -2.18. The van der Waals surface area contributed by atoms with Crippen molar-refractivity contribution in [3.05, 3.63) is 69.8 Å². The molecule has 0 aliphatic heterocycles. The standard InChI is InChI=1S/C17H16Cl2N2/c1-11(13-3-4-15(18)16(19)9-13)21-10-12-2-5-17-14(8-12)6-7-20-17/h2-9,11,20-21H,10H2,1H3. The number of aromatic nitrogens is 1. The van der Waals surface area contributed by atoms with E-state index in [1.807, 2.05) is 24.4 Å². The summed E-state index contributed by atoms with van der Waals surface area (Å²) >= 11 is 12.0. The van der Waals surface area contributed by atoms with Crippen molar-refractivity contribution < 1.29 is 0 Å². The molecule has 3 aromatic rings. The van der Waals surface area contributed by atoms with Crippen molar-refractivity contribution in [3.63, 3.8) is 0 Å². The lowest BCUT2D eigenvalue weighted by molar-refractivity contribution is 0.575. The third-order valence-corrected chi connectivity index (χ3v) is 4.41. The van der Waals surface area contributed by atoms with Gasteiger partial charge in [0.05, 0.1) is 10.0 Å². The summed E-state index contributed by atoms with van der Waals surface area (Å²) in [5.41, 5.74) is 3.55. The second kappa shape index (κ2) is 6.10. The van der Waals surface area contributed by atoms with Crippen LogP contribution in [-0.2, 0) is 6.54 Å². The number of rotatable bonds is 4. The van der Waals surface area contributed by atoms with Gasteiger partial charge in [-0.1, -0.05) is 35.3 Å². The van der Waals surface area contributed by atoms with Gasteiger partial charge in [0.15, 0.2) is 0 Å². The Morgan fingerprint density at radius 3 is 2.71 bits per heavy atom. The second-order valence-corrected chi connectivity index (χ2v) is 5.99. The largest absolute Gasteiger partial charge is 0.361 e. The minimum Gasteiger partial charge on any atom is -0.361 e. The molecule has 108 valence electrons. The SMILES string of the molecule is CC(NCc1ccc2[nH]ccc2c1)c1ccc(Cl)c(Cl)c1. The molecule has 0 bridgehead atoms. The highest BCUT2D eigenvalue weighted by Gasteiger charge is 2.07. The Morgan fingerprint density at radius 1 is 1.05 bits per heavy atom. The third kappa shape index (κ3) is 3.24. The first kappa shape index (κ1) is 14.5. The Bertz CT molecular complexity index is 764. The predicted molar refractivity (Wildman–Crippen MR) is 90.0 cm³/mol. The summed E-state index contributed by atoms with van der Waals surface area (Å²) in [6.07, 6.45) is 1.96. The molecule has 1 atom stereocenters. The average Bonchev–Trinajstić information content (AvgIpc) is 2.95. The van der Waals surface area contributed by atoms with E-state index in [0.717, 1.165) is 17.6 Å². The van der Waals surface area contributed by atoms with Crippen LogP contribution in [0.4, 0.5) is 0 Å². The van der Waals surface area contributed by atoms with Crippen LogP contribution < -0.4 is 5.32 Å². The van der Waals surface area contributed by atoms with Gasteiger partial charge in [-0.25, -0.2) is 0 Å². The van der Waals surface area contributed by atoms with Crippen LogP contribution in [0.1, 0.15) is 24.1 Å². The van der Waals surface area contributed by atoms with Gasteiger partial charge in [-0.3, -0.25) is 0 Å². The van der Waals surface area contributed by atoms with Crippen LogP contribution in [0.2, 0.25) is 10.0 Å². The molecule has 0 spiro atoms. The first-order valence-electron chi connectivity index (χ1n) is 6.88. The molecule has 0 saturated heterocycles. The summed E-state index contributed by atoms with van der Waals surface area (Å²) in [7, 11) is 0. The Labute approximate surface area is 134 Å². The van der Waals surface area contributed by atoms with Crippen LogP contribution in [-0.4, -0.2) is 4.98 Å². The van der Waals surface area contributed by atoms with Crippen molar-refractivity contribution in [2.24, 2.45) is 0 Å². The van der Waals surface area contributed by atoms with Gasteiger partial charge in [0.25, 0.3) is 0 Å². The predicted octanol–water partition coefficient (Wildman–Crippen LogP) is 5.33. The van der Waals surface area contributed by atoms with E-state index in [-0.39, 0.29) is 6.04 Å². The van der Waals surface area contributed by atoms with Crippen molar-refractivity contribution in [3.8, 4) is 0 Å². The maximum absolute atomic E-state index is 6.06. The molecule has 0 aliphatic rings. The van der Waals surface area contributed by atoms with Crippen molar-refractivity contribution in [1.82, 2.24) is 10.3 Å². The summed E-state index contributed by atoms with van der Waals surface area (Å²) in [4.78, 5) is 3.20. The molecule has 2 nitrogen and oxygen atoms in total. The molecule has 0 fully saturated rings. The number of hydrogen-bond donors (Lipinski definition) is 2. The smallest absolute Gasteiger partial charge is 0.0595 e. The molecule has 0 aliphatic carbocycles. The summed E-state index contributed by atoms with van der Waals surface area (Å²) < 4.78 is 0. The van der Waals surface area contributed by atoms with Crippen LogP contribution in [0.5, 0.6) is 0 Å². The zero-order valence-corrected chi connectivity index (χ0v) is 13.2. The fourth-order valence-corrected chi connectivity index (χ4v) is 2.69. The molecule has 3 rings (SSSR count). The summed E-state index contributed by atoms with van der Waals surface area (Å²) in [5, 5.41) is 5.92. The maximum atomic E-state index is 6.06. The van der Waals surface area contributed by atoms with Gasteiger partial charge in [-0.05, 0) is 53.8 Å². The lowest BCUT2D eigenvalue weighted by Gasteiger charge is -2.15. The van der Waals surface area contributed by atoms with Crippen molar-refractivity contribution in [2.75, 3.05) is 0 Å². The first-order valence-corrected chi connectivity index (χ1v) is 7.63. The molecule has 4 heteroatoms. The van der Waals surface area contributed by atoms with E-state index >= 15 is 0 Å². The van der Waals surface area contributed by atoms with E-state index in [1.165, 1.54) is 10.9 Å². The molecule has 1 aromatic heterocycles. The van der Waals surface area contributed by atoms with Gasteiger partial charge >= 0.3 is 0 Å². The zero-order chi connectivity index (χ0) is 14.8. The van der Waals surface area contributed by atoms with Crippen molar-refractivity contribution >= 4 is 34.1 Å². The van der Waals surface area contributed by atoms with Crippen LogP contribution in [0, 0.1) is 0 Å². The number of aromatic amines is 1. The van der Waals surface area contributed by atoms with E-state index in [4.69, 9.17) is 23.2 Å². The Balaban J connectivity index is 1.69. The van der Waals surface area contributed by atoms with Gasteiger partial charge in [0.2, 0.25) is 0 Å². The fourth-order valence-electron chi connectivity index (χ4n) is 2.38. The Morgan fingerprint density at radius 2 is 1.90 bits per heavy atom. The normalized spacial score (nSPS) is 12.7. The van der Waals surface area contributed by atoms with Gasteiger partial charge < -0.3 is 10.3 Å². The molecular formula is C17H16Cl2N2. The Kier molecular flexibility index (Phi) is 4.20. The van der Waals surface area contributed by atoms with E-state index in [1.54, 1.807) is 0 Å². The monoisotopic (exact) mass is 318 g/mol. The molecule has 1 unspecified atom stereocenters. The van der Waals surface area contributed by atoms with Crippen LogP contribution in [0.25, 0.3) is 10.9 Å². The minimum absolute atomic E-state index is 0.210. The first-order chi connectivity index (χ1) is 10.1. The molecular weight excluding hydrogens is 303 g/mol. The summed E-state index contributed by atoms with van der Waals surface area (Å²) in [5.74, 6) is 0. The topological polar surface area (TPSA) is 27.8 Å². The highest BCUT2D eigenvalue weighted by Crippen LogP contribution is 2.25. The molecule has 21 heavy (non-hydrogen) atoms. The fraction of sp³-hybridized carbons (Fsp3) is 0.176. The van der Waals surface area contributed by atoms with E-state index < -0.39 is 0 Å². The molecule has 0 saturated carbocycles. The third-order valence-electron chi connectivity index (χ3n) is 3.67. The van der Waals surface area contributed by atoms with E-state index in [9.17, 15) is 0 Å². The average molecular weight is 319 g/mol. The number of benzene rings is 2. The summed E-state index contributed by atoms with van der Waals surface area (Å²) in [6.45, 7) is 2.93. The van der Waals surface area contributed by atoms with Crippen molar-refractivity contribution in [1.29, 1.82) is 0 Å². The lowest BCUT2D eigenvalue weighted by atomic mass is 10.1. The van der Waals surface area contributed by atoms with Crippen LogP contribution in [0.3, 0.4) is 0 Å². The van der Waals surface area contributed by atoms with E-state index in [0.29, 0.717) is 10.0 Å². The van der Waals surface area contributed by atoms with Crippen molar-refractivity contribution in [2.45, 2.75) is 19.5 Å². The van der Waals surface area contributed by atoms with Gasteiger partial charge in [0, 0.05) is 24.3 Å². The number of fused-ring (bicyclic) bond motifs is 1. The number of hydrogen-bond acceptors (Lipinski definition) is 1. The zero-order valence-electron chi connectivity index (χ0n) is 11.7. The number of halogens is 2. The van der Waals surface area contributed by atoms with Crippen LogP contribution >= 0.6 is 23.2 Å². The number of H-pyrrole nitrogens is 1. The van der Waals surface area contributed by atoms with Gasteiger partial charge in [0.1, 0.15) is 0 Å².